The number of halogens is 3. The molecule has 2 heterocycles. The third-order valence-electron chi connectivity index (χ3n) is 7.43. The van der Waals surface area contributed by atoms with Crippen LogP contribution in [0.3, 0.4) is 0 Å². The molecule has 3 aromatic rings. The van der Waals surface area contributed by atoms with Crippen molar-refractivity contribution < 1.29 is 9.90 Å². The molecule has 2 aliphatic carbocycles. The number of imidazole rings is 1. The van der Waals surface area contributed by atoms with Crippen LogP contribution in [0.1, 0.15) is 57.9 Å². The Hall–Kier alpha value is -2.33. The molecular formula is C24H28Cl3N7O2. The highest BCUT2D eigenvalue weighted by atomic mass is 35.5. The maximum Gasteiger partial charge on any atom is 0.224 e. The minimum Gasteiger partial charge on any atom is -0.393 e. The van der Waals surface area contributed by atoms with Crippen molar-refractivity contribution >= 4 is 69.5 Å². The van der Waals surface area contributed by atoms with E-state index in [9.17, 15) is 9.90 Å². The molecule has 192 valence electrons. The lowest BCUT2D eigenvalue weighted by molar-refractivity contribution is -0.128. The van der Waals surface area contributed by atoms with Gasteiger partial charge in [-0.1, -0.05) is 41.7 Å². The Bertz CT molecular complexity index is 1280. The summed E-state index contributed by atoms with van der Waals surface area (Å²) in [7, 11) is 0. The number of aliphatic hydroxyl groups excluding tert-OH is 1. The largest absolute Gasteiger partial charge is 0.393 e. The number of carbonyl (C=O) groups excluding carboxylic acids is 1. The van der Waals surface area contributed by atoms with Crippen molar-refractivity contribution in [3.8, 4) is 0 Å². The predicted octanol–water partition coefficient (Wildman–Crippen LogP) is 5.46. The fraction of sp³-hybridized carbons (Fsp3) is 0.500. The van der Waals surface area contributed by atoms with Gasteiger partial charge in [0.05, 0.1) is 28.0 Å². The summed E-state index contributed by atoms with van der Waals surface area (Å²) in [6.07, 6.45) is 6.42. The van der Waals surface area contributed by atoms with Gasteiger partial charge in [0.2, 0.25) is 17.8 Å². The van der Waals surface area contributed by atoms with Gasteiger partial charge in [0, 0.05) is 22.5 Å². The molecule has 12 heteroatoms. The molecule has 1 aromatic carbocycles. The molecule has 1 amide bonds. The molecular weight excluding hydrogens is 525 g/mol. The second-order valence-corrected chi connectivity index (χ2v) is 11.3. The lowest BCUT2D eigenvalue weighted by atomic mass is 9.73. The first-order chi connectivity index (χ1) is 17.1. The third-order valence-corrected chi connectivity index (χ3v) is 8.25. The number of amides is 1. The van der Waals surface area contributed by atoms with Crippen molar-refractivity contribution in [3.05, 3.63) is 33.4 Å². The van der Waals surface area contributed by atoms with Crippen LogP contribution in [0.4, 0.5) is 17.6 Å². The number of aromatic nitrogens is 4. The Morgan fingerprint density at radius 1 is 1.14 bits per heavy atom. The predicted molar refractivity (Wildman–Crippen MR) is 142 cm³/mol. The van der Waals surface area contributed by atoms with Crippen LogP contribution < -0.4 is 16.4 Å². The molecule has 2 saturated carbocycles. The highest BCUT2D eigenvalue weighted by Crippen LogP contribution is 2.44. The number of rotatable bonds is 6. The van der Waals surface area contributed by atoms with Gasteiger partial charge in [0.1, 0.15) is 5.52 Å². The van der Waals surface area contributed by atoms with Crippen molar-refractivity contribution in [1.29, 1.82) is 0 Å². The zero-order chi connectivity index (χ0) is 25.6. The van der Waals surface area contributed by atoms with Gasteiger partial charge in [-0.05, 0) is 57.1 Å². The van der Waals surface area contributed by atoms with E-state index in [1.54, 1.807) is 18.3 Å². The molecule has 5 rings (SSSR count). The summed E-state index contributed by atoms with van der Waals surface area (Å²) in [5.41, 5.74) is 6.90. The molecule has 2 atom stereocenters. The molecule has 36 heavy (non-hydrogen) atoms. The van der Waals surface area contributed by atoms with E-state index >= 15 is 0 Å². The maximum absolute atomic E-state index is 12.0. The molecule has 2 fully saturated rings. The van der Waals surface area contributed by atoms with E-state index in [0.717, 1.165) is 25.7 Å². The summed E-state index contributed by atoms with van der Waals surface area (Å²) in [5.74, 6) is 0.725. The molecule has 2 aromatic heterocycles. The van der Waals surface area contributed by atoms with Crippen LogP contribution in [0.5, 0.6) is 0 Å². The summed E-state index contributed by atoms with van der Waals surface area (Å²) >= 11 is 19.0. The zero-order valence-corrected chi connectivity index (χ0v) is 22.0. The summed E-state index contributed by atoms with van der Waals surface area (Å²) < 4.78 is 2.04. The van der Waals surface area contributed by atoms with Crippen LogP contribution in [0.2, 0.25) is 15.1 Å². The number of benzene rings is 1. The molecule has 0 aliphatic heterocycles. The van der Waals surface area contributed by atoms with Crippen molar-refractivity contribution in [1.82, 2.24) is 19.5 Å². The van der Waals surface area contributed by atoms with Crippen molar-refractivity contribution in [2.24, 2.45) is 11.1 Å². The van der Waals surface area contributed by atoms with Gasteiger partial charge < -0.3 is 21.5 Å². The molecule has 9 nitrogen and oxygen atoms in total. The van der Waals surface area contributed by atoms with E-state index in [-0.39, 0.29) is 24.1 Å². The Kier molecular flexibility index (Phi) is 6.93. The quantitative estimate of drug-likeness (QED) is 0.319. The number of nitrogens with zero attached hydrogens (tertiary/aromatic N) is 4. The SMILES string of the molecule is C[C@]1(C(N)=O)CC[C@H](n2c(Nc3c(Cl)cc(Cl)cc3Cl)nc3cnc(N[C@@H]4CC[C@@H](O)C4)nc32)CC1. The minimum absolute atomic E-state index is 0.0193. The van der Waals surface area contributed by atoms with Gasteiger partial charge in [-0.2, -0.15) is 4.98 Å². The first kappa shape index (κ1) is 25.3. The molecule has 5 N–H and O–H groups in total. The van der Waals surface area contributed by atoms with E-state index in [1.165, 1.54) is 0 Å². The highest BCUT2D eigenvalue weighted by Gasteiger charge is 2.38. The van der Waals surface area contributed by atoms with Gasteiger partial charge in [0.15, 0.2) is 5.65 Å². The second kappa shape index (κ2) is 9.85. The van der Waals surface area contributed by atoms with Gasteiger partial charge in [-0.3, -0.25) is 9.36 Å². The number of nitrogens with one attached hydrogen (secondary N) is 2. The monoisotopic (exact) mass is 551 g/mol. The second-order valence-electron chi connectivity index (χ2n) is 10.0. The van der Waals surface area contributed by atoms with E-state index in [1.807, 2.05) is 11.5 Å². The maximum atomic E-state index is 12.0. The van der Waals surface area contributed by atoms with Crippen LogP contribution >= 0.6 is 34.8 Å². The molecule has 0 unspecified atom stereocenters. The lowest BCUT2D eigenvalue weighted by Crippen LogP contribution is -2.38. The number of aliphatic hydroxyl groups is 1. The summed E-state index contributed by atoms with van der Waals surface area (Å²) in [4.78, 5) is 26.1. The Morgan fingerprint density at radius 3 is 2.44 bits per heavy atom. The van der Waals surface area contributed by atoms with E-state index in [4.69, 9.17) is 50.5 Å². The van der Waals surface area contributed by atoms with Crippen LogP contribution in [0.15, 0.2) is 18.3 Å². The Morgan fingerprint density at radius 2 is 1.83 bits per heavy atom. The average molecular weight is 553 g/mol. The Balaban J connectivity index is 1.53. The van der Waals surface area contributed by atoms with Crippen LogP contribution in [0, 0.1) is 5.41 Å². The van der Waals surface area contributed by atoms with Gasteiger partial charge >= 0.3 is 0 Å². The number of fused-ring (bicyclic) bond motifs is 1. The molecule has 0 radical (unpaired) electrons. The fourth-order valence-electron chi connectivity index (χ4n) is 5.18. The van der Waals surface area contributed by atoms with Crippen molar-refractivity contribution in [2.45, 2.75) is 70.1 Å². The minimum atomic E-state index is -0.533. The van der Waals surface area contributed by atoms with Gasteiger partial charge in [0.25, 0.3) is 0 Å². The summed E-state index contributed by atoms with van der Waals surface area (Å²) in [5, 5.41) is 17.7. The number of hydrogen-bond acceptors (Lipinski definition) is 7. The fourth-order valence-corrected chi connectivity index (χ4v) is 6.10. The zero-order valence-electron chi connectivity index (χ0n) is 19.8. The molecule has 0 saturated heterocycles. The summed E-state index contributed by atoms with van der Waals surface area (Å²) in [6, 6.07) is 3.36. The van der Waals surface area contributed by atoms with Crippen molar-refractivity contribution in [2.75, 3.05) is 10.6 Å². The van der Waals surface area contributed by atoms with E-state index in [2.05, 4.69) is 15.6 Å². The van der Waals surface area contributed by atoms with Crippen molar-refractivity contribution in [3.63, 3.8) is 0 Å². The van der Waals surface area contributed by atoms with Gasteiger partial charge in [-0.25, -0.2) is 9.97 Å². The molecule has 0 spiro atoms. The van der Waals surface area contributed by atoms with E-state index < -0.39 is 5.41 Å². The van der Waals surface area contributed by atoms with E-state index in [0.29, 0.717) is 63.1 Å². The average Bonchev–Trinajstić information content (AvgIpc) is 3.39. The van der Waals surface area contributed by atoms with Gasteiger partial charge in [-0.15, -0.1) is 0 Å². The summed E-state index contributed by atoms with van der Waals surface area (Å²) in [6.45, 7) is 1.92. The van der Waals surface area contributed by atoms with Crippen LogP contribution in [-0.4, -0.2) is 42.7 Å². The number of primary amides is 1. The van der Waals surface area contributed by atoms with Crippen LogP contribution in [-0.2, 0) is 4.79 Å². The smallest absolute Gasteiger partial charge is 0.224 e. The topological polar surface area (TPSA) is 131 Å². The standard InChI is InChI=1S/C24H28Cl3N7O2/c1-24(21(28)36)6-4-14(5-7-24)34-20-18(11-29-22(33-20)30-13-2-3-15(35)10-13)31-23(34)32-19-16(26)8-12(25)9-17(19)27/h8-9,11,13-15,35H,2-7,10H2,1H3,(H2,28,36)(H,31,32)(H,29,30,33)/t13-,14-,15-,24-/m1/s1. The first-order valence-electron chi connectivity index (χ1n) is 12.0. The third kappa shape index (κ3) is 4.94. The highest BCUT2D eigenvalue weighted by molar-refractivity contribution is 6.41. The number of nitrogens with two attached hydrogens (primary N) is 1. The number of carbonyl (C=O) groups is 1. The lowest BCUT2D eigenvalue weighted by Gasteiger charge is -2.35. The molecule has 0 bridgehead atoms. The Labute approximate surface area is 223 Å². The molecule has 2 aliphatic rings. The number of anilines is 3. The normalized spacial score (nSPS) is 26.3. The number of hydrogen-bond donors (Lipinski definition) is 4. The first-order valence-corrected chi connectivity index (χ1v) is 13.2. The van der Waals surface area contributed by atoms with Crippen LogP contribution in [0.25, 0.3) is 11.2 Å².